The van der Waals surface area contributed by atoms with Gasteiger partial charge in [0.25, 0.3) is 0 Å². The molecule has 1 saturated heterocycles. The Labute approximate surface area is 292 Å². The normalized spacial score (nSPS) is 25.0. The molecular weight excluding hydrogens is 617 g/mol. The van der Waals surface area contributed by atoms with Gasteiger partial charge in [-0.3, -0.25) is 4.90 Å². The highest BCUT2D eigenvalue weighted by molar-refractivity contribution is 6.74. The summed E-state index contributed by atoms with van der Waals surface area (Å²) in [6, 6.07) is 0.453. The minimum Gasteiger partial charge on any atom is -0.444 e. The lowest BCUT2D eigenvalue weighted by atomic mass is 9.78. The second kappa shape index (κ2) is 15.4. The van der Waals surface area contributed by atoms with Gasteiger partial charge in [0.1, 0.15) is 11.2 Å². The van der Waals surface area contributed by atoms with E-state index in [2.05, 4.69) is 68.0 Å². The third-order valence-corrected chi connectivity index (χ3v) is 16.1. The maximum absolute atomic E-state index is 12.5. The number of nitrogens with one attached hydrogen (secondary N) is 1. The quantitative estimate of drug-likeness (QED) is 0.198. The first kappa shape index (κ1) is 37.1. The Kier molecular flexibility index (Phi) is 11.9. The Morgan fingerprint density at radius 2 is 1.62 bits per heavy atom. The molecule has 3 fully saturated rings. The highest BCUT2D eigenvalue weighted by Gasteiger charge is 2.40. The van der Waals surface area contributed by atoms with Gasteiger partial charge in [-0.2, -0.15) is 4.98 Å². The van der Waals surface area contributed by atoms with Gasteiger partial charge < -0.3 is 23.9 Å². The average molecular weight is 683 g/mol. The lowest BCUT2D eigenvalue weighted by molar-refractivity contribution is 0.0127. The smallest absolute Gasteiger partial charge is 0.410 e. The zero-order valence-electron chi connectivity index (χ0n) is 31.7. The van der Waals surface area contributed by atoms with Crippen LogP contribution in [0.4, 0.5) is 10.7 Å². The first-order valence-electron chi connectivity index (χ1n) is 19.1. The Hall–Kier alpha value is -2.17. The van der Waals surface area contributed by atoms with Crippen LogP contribution in [0.3, 0.4) is 0 Å². The van der Waals surface area contributed by atoms with E-state index < -0.39 is 13.9 Å². The van der Waals surface area contributed by atoms with Crippen LogP contribution in [0.15, 0.2) is 12.4 Å². The molecule has 3 aliphatic rings. The van der Waals surface area contributed by atoms with Crippen LogP contribution in [0, 0.1) is 5.92 Å². The second-order valence-electron chi connectivity index (χ2n) is 17.5. The molecule has 0 unspecified atom stereocenters. The zero-order chi connectivity index (χ0) is 34.7. The fourth-order valence-electron chi connectivity index (χ4n) is 7.61. The van der Waals surface area contributed by atoms with Crippen LogP contribution in [-0.2, 0) is 9.16 Å². The number of aromatic nitrogens is 3. The van der Waals surface area contributed by atoms with Gasteiger partial charge >= 0.3 is 6.09 Å². The van der Waals surface area contributed by atoms with E-state index in [4.69, 9.17) is 19.1 Å². The molecule has 2 aliphatic carbocycles. The fraction of sp³-hybridized carbons (Fsp3) is 0.816. The van der Waals surface area contributed by atoms with Crippen molar-refractivity contribution < 1.29 is 14.0 Å². The lowest BCUT2D eigenvalue weighted by Crippen LogP contribution is -2.51. The van der Waals surface area contributed by atoms with Crippen molar-refractivity contribution in [2.45, 2.75) is 154 Å². The van der Waals surface area contributed by atoms with E-state index in [0.717, 1.165) is 89.4 Å². The van der Waals surface area contributed by atoms with Crippen molar-refractivity contribution in [1.29, 1.82) is 0 Å². The van der Waals surface area contributed by atoms with Crippen molar-refractivity contribution in [2.24, 2.45) is 5.92 Å². The predicted octanol–water partition coefficient (Wildman–Crippen LogP) is 8.98. The summed E-state index contributed by atoms with van der Waals surface area (Å²) in [6.07, 6.45) is 16.5. The molecule has 0 radical (unpaired) electrons. The van der Waals surface area contributed by atoms with Crippen LogP contribution in [-0.4, -0.2) is 89.7 Å². The molecule has 270 valence electrons. The third-order valence-electron chi connectivity index (χ3n) is 11.5. The number of carbonyl (C=O) groups is 1. The van der Waals surface area contributed by atoms with E-state index in [9.17, 15) is 4.79 Å². The van der Waals surface area contributed by atoms with Crippen LogP contribution in [0.1, 0.15) is 130 Å². The number of anilines is 1. The summed E-state index contributed by atoms with van der Waals surface area (Å²) < 4.78 is 15.0. The van der Waals surface area contributed by atoms with E-state index in [1.165, 1.54) is 36.6 Å². The van der Waals surface area contributed by atoms with Crippen molar-refractivity contribution in [3.05, 3.63) is 18.0 Å². The molecule has 3 heterocycles. The van der Waals surface area contributed by atoms with Crippen molar-refractivity contribution >= 4 is 31.4 Å². The van der Waals surface area contributed by atoms with Crippen LogP contribution in [0.2, 0.25) is 18.1 Å². The van der Waals surface area contributed by atoms with E-state index in [1.807, 2.05) is 25.7 Å². The van der Waals surface area contributed by atoms with Gasteiger partial charge in [0.15, 0.2) is 8.32 Å². The summed E-state index contributed by atoms with van der Waals surface area (Å²) in [6.45, 7) is 25.2. The molecule has 2 aromatic heterocycles. The number of carbonyl (C=O) groups excluding carboxylic acids is 1. The number of nitrogens with zero attached hydrogens (tertiary/aromatic N) is 5. The summed E-state index contributed by atoms with van der Waals surface area (Å²) in [7, 11) is -1.77. The first-order chi connectivity index (χ1) is 22.6. The van der Waals surface area contributed by atoms with Gasteiger partial charge in [0.2, 0.25) is 5.95 Å². The molecule has 1 aliphatic heterocycles. The Morgan fingerprint density at radius 1 is 0.958 bits per heavy atom. The molecular formula is C38H66N6O3Si. The number of hydrogen-bond donors (Lipinski definition) is 1. The predicted molar refractivity (Wildman–Crippen MR) is 199 cm³/mol. The van der Waals surface area contributed by atoms with Gasteiger partial charge in [0.05, 0.1) is 0 Å². The second-order valence-corrected chi connectivity index (χ2v) is 22.3. The fourth-order valence-corrected chi connectivity index (χ4v) is 9.04. The molecule has 10 heteroatoms. The molecule has 2 saturated carbocycles. The van der Waals surface area contributed by atoms with E-state index in [0.29, 0.717) is 24.0 Å². The monoisotopic (exact) mass is 682 g/mol. The molecule has 0 aromatic carbocycles. The summed E-state index contributed by atoms with van der Waals surface area (Å²) >= 11 is 0. The summed E-state index contributed by atoms with van der Waals surface area (Å²) in [5.74, 6) is 2.02. The van der Waals surface area contributed by atoms with E-state index in [1.54, 1.807) is 0 Å². The van der Waals surface area contributed by atoms with Gasteiger partial charge in [-0.15, -0.1) is 0 Å². The number of ether oxygens (including phenoxy) is 1. The molecule has 48 heavy (non-hydrogen) atoms. The molecule has 5 rings (SSSR count). The van der Waals surface area contributed by atoms with Crippen molar-refractivity contribution in [1.82, 2.24) is 24.3 Å². The SMILES string of the molecule is CCCCNc1ncc2c(n1)n(C1CCC(O[Si](C)(C)C(C)(C)C)CC1)cc2[C@H]1CC[C@H](CN2CCN(C(=O)OC(C)(C)C)CC2)CC1. The standard InChI is InChI=1S/C38H66N6O3Si/c1-10-11-20-39-35-40-25-32-33(27-44(34(32)41-35)30-16-18-31(19-17-30)47-48(8,9)38(5,6)7)29-14-12-28(13-15-29)26-42-21-23-43(24-22-42)36(45)46-37(2,3)4/h25,27-31H,10-24,26H2,1-9H3,(H,39,40,41)/t28-,29-,30?,31?. The van der Waals surface area contributed by atoms with Gasteiger partial charge in [-0.1, -0.05) is 34.1 Å². The summed E-state index contributed by atoms with van der Waals surface area (Å²) in [4.78, 5) is 26.9. The summed E-state index contributed by atoms with van der Waals surface area (Å²) in [5, 5.41) is 4.97. The van der Waals surface area contributed by atoms with Crippen LogP contribution in [0.25, 0.3) is 11.0 Å². The average Bonchev–Trinajstić information content (AvgIpc) is 3.40. The van der Waals surface area contributed by atoms with Crippen molar-refractivity contribution in [3.8, 4) is 0 Å². The molecule has 1 amide bonds. The van der Waals surface area contributed by atoms with Crippen molar-refractivity contribution in [3.63, 3.8) is 0 Å². The highest BCUT2D eigenvalue weighted by Crippen LogP contribution is 2.43. The van der Waals surface area contributed by atoms with Crippen LogP contribution < -0.4 is 5.32 Å². The third kappa shape index (κ3) is 9.33. The molecule has 0 bridgehead atoms. The minimum absolute atomic E-state index is 0.179. The van der Waals surface area contributed by atoms with Gasteiger partial charge in [-0.25, -0.2) is 9.78 Å². The first-order valence-corrected chi connectivity index (χ1v) is 22.0. The van der Waals surface area contributed by atoms with Gasteiger partial charge in [0, 0.05) is 69.2 Å². The van der Waals surface area contributed by atoms with Crippen molar-refractivity contribution in [2.75, 3.05) is 44.6 Å². The molecule has 0 spiro atoms. The minimum atomic E-state index is -1.77. The lowest BCUT2D eigenvalue weighted by Gasteiger charge is -2.41. The molecule has 0 atom stereocenters. The maximum Gasteiger partial charge on any atom is 0.410 e. The Balaban J connectivity index is 1.22. The highest BCUT2D eigenvalue weighted by atomic mass is 28.4. The number of amides is 1. The van der Waals surface area contributed by atoms with Crippen LogP contribution in [0.5, 0.6) is 0 Å². The zero-order valence-corrected chi connectivity index (χ0v) is 32.7. The Bertz CT molecular complexity index is 1340. The van der Waals surface area contributed by atoms with E-state index in [-0.39, 0.29) is 11.1 Å². The Morgan fingerprint density at radius 3 is 2.23 bits per heavy atom. The molecule has 2 aromatic rings. The number of unbranched alkanes of at least 4 members (excludes halogenated alkanes) is 1. The van der Waals surface area contributed by atoms with Gasteiger partial charge in [-0.05, 0) is 114 Å². The summed E-state index contributed by atoms with van der Waals surface area (Å²) in [5.41, 5.74) is 2.12. The van der Waals surface area contributed by atoms with Crippen LogP contribution >= 0.6 is 0 Å². The largest absolute Gasteiger partial charge is 0.444 e. The maximum atomic E-state index is 12.5. The number of fused-ring (bicyclic) bond motifs is 1. The molecule has 9 nitrogen and oxygen atoms in total. The van der Waals surface area contributed by atoms with E-state index >= 15 is 0 Å². The molecule has 1 N–H and O–H groups in total. The number of rotatable bonds is 10. The topological polar surface area (TPSA) is 84.8 Å². The number of piperazine rings is 1. The number of hydrogen-bond acceptors (Lipinski definition) is 7.